The van der Waals surface area contributed by atoms with Crippen LogP contribution in [0.25, 0.3) is 10.9 Å². The van der Waals surface area contributed by atoms with Gasteiger partial charge in [-0.1, -0.05) is 5.16 Å². The first-order valence-electron chi connectivity index (χ1n) is 7.11. The predicted octanol–water partition coefficient (Wildman–Crippen LogP) is 2.21. The van der Waals surface area contributed by atoms with Gasteiger partial charge in [0.25, 0.3) is 11.4 Å². The highest BCUT2D eigenvalue weighted by molar-refractivity contribution is 7.71. The Hall–Kier alpha value is -2.81. The topological polar surface area (TPSA) is 103 Å². The predicted molar refractivity (Wildman–Crippen MR) is 87.2 cm³/mol. The molecular weight excluding hydrogens is 332 g/mol. The fourth-order valence-electron chi connectivity index (χ4n) is 2.19. The van der Waals surface area contributed by atoms with Crippen LogP contribution in [0.2, 0.25) is 0 Å². The number of rotatable bonds is 3. The maximum Gasteiger partial charge on any atom is 0.338 e. The molecule has 0 radical (unpaired) electrons. The lowest BCUT2D eigenvalue weighted by Crippen LogP contribution is -2.19. The highest BCUT2D eigenvalue weighted by atomic mass is 32.1. The quantitative estimate of drug-likeness (QED) is 0.573. The number of carbonyl (C=O) groups excluding carboxylic acids is 1. The molecule has 9 heteroatoms. The maximum absolute atomic E-state index is 12.3. The minimum Gasteiger partial charge on any atom is -0.449 e. The Morgan fingerprint density at radius 2 is 2.21 bits per heavy atom. The number of hydrogen-bond acceptors (Lipinski definition) is 7. The molecule has 0 aliphatic heterocycles. The average molecular weight is 346 g/mol. The molecule has 0 spiro atoms. The molecule has 3 rings (SSSR count). The lowest BCUT2D eigenvalue weighted by Gasteiger charge is -2.10. The number of benzene rings is 1. The molecule has 1 atom stereocenters. The van der Waals surface area contributed by atoms with E-state index in [1.807, 2.05) is 0 Å². The highest BCUT2D eigenvalue weighted by Gasteiger charge is 2.19. The maximum atomic E-state index is 12.3. The second kappa shape index (κ2) is 6.00. The molecule has 0 saturated carbocycles. The molecule has 124 valence electrons. The zero-order valence-electron chi connectivity index (χ0n) is 13.2. The van der Waals surface area contributed by atoms with E-state index in [2.05, 4.69) is 15.1 Å². The van der Waals surface area contributed by atoms with Crippen molar-refractivity contribution in [1.29, 1.82) is 0 Å². The number of esters is 1. The number of aryl methyl sites for hydroxylation is 1. The van der Waals surface area contributed by atoms with Crippen LogP contribution >= 0.6 is 12.2 Å². The molecule has 2 heterocycles. The van der Waals surface area contributed by atoms with Gasteiger partial charge in [0, 0.05) is 7.05 Å². The number of hydrogen-bond donors (Lipinski definition) is 1. The van der Waals surface area contributed by atoms with Crippen molar-refractivity contribution in [3.8, 4) is 0 Å². The van der Waals surface area contributed by atoms with Crippen molar-refractivity contribution in [3.05, 3.63) is 50.6 Å². The van der Waals surface area contributed by atoms with E-state index in [1.165, 1.54) is 16.7 Å². The lowest BCUT2D eigenvalue weighted by molar-refractivity contribution is 0.0265. The van der Waals surface area contributed by atoms with Gasteiger partial charge in [-0.05, 0) is 44.3 Å². The summed E-state index contributed by atoms with van der Waals surface area (Å²) < 4.78 is 11.9. The van der Waals surface area contributed by atoms with Crippen LogP contribution in [0.1, 0.15) is 35.1 Å². The summed E-state index contributed by atoms with van der Waals surface area (Å²) in [6.45, 7) is 3.31. The fraction of sp³-hybridized carbons (Fsp3) is 0.267. The van der Waals surface area contributed by atoms with E-state index < -0.39 is 12.1 Å². The number of H-pyrrole nitrogens is 1. The Morgan fingerprint density at radius 3 is 2.88 bits per heavy atom. The third kappa shape index (κ3) is 2.85. The van der Waals surface area contributed by atoms with Gasteiger partial charge in [-0.2, -0.15) is 4.98 Å². The van der Waals surface area contributed by atoms with Gasteiger partial charge in [-0.25, -0.2) is 4.79 Å². The normalized spacial score (nSPS) is 12.3. The summed E-state index contributed by atoms with van der Waals surface area (Å²) in [7, 11) is 1.58. The second-order valence-corrected chi connectivity index (χ2v) is 5.67. The summed E-state index contributed by atoms with van der Waals surface area (Å²) in [6, 6.07) is 4.61. The molecule has 0 aliphatic rings. The van der Waals surface area contributed by atoms with Crippen LogP contribution in [-0.4, -0.2) is 25.7 Å². The molecule has 1 N–H and O–H groups in total. The molecular formula is C15H14N4O4S. The van der Waals surface area contributed by atoms with Crippen LogP contribution in [0.4, 0.5) is 0 Å². The van der Waals surface area contributed by atoms with Crippen LogP contribution in [0.3, 0.4) is 0 Å². The van der Waals surface area contributed by atoms with E-state index >= 15 is 0 Å². The van der Waals surface area contributed by atoms with Crippen LogP contribution in [0, 0.1) is 11.7 Å². The van der Waals surface area contributed by atoms with Crippen molar-refractivity contribution >= 4 is 29.1 Å². The molecule has 1 unspecified atom stereocenters. The summed E-state index contributed by atoms with van der Waals surface area (Å²) in [6.07, 6.45) is -0.684. The SMILES string of the molecule is Cc1noc(C(C)OC(=O)c2ccc3c(=O)n(C)c(=S)[nH]c3c2)n1. The monoisotopic (exact) mass is 346 g/mol. The van der Waals surface area contributed by atoms with E-state index in [1.54, 1.807) is 27.0 Å². The number of nitrogens with one attached hydrogen (secondary N) is 1. The molecule has 0 aliphatic carbocycles. The van der Waals surface area contributed by atoms with Crippen molar-refractivity contribution in [3.63, 3.8) is 0 Å². The van der Waals surface area contributed by atoms with Gasteiger partial charge < -0.3 is 14.2 Å². The molecule has 3 aromatic rings. The van der Waals surface area contributed by atoms with Gasteiger partial charge in [-0.3, -0.25) is 9.36 Å². The van der Waals surface area contributed by atoms with Crippen molar-refractivity contribution in [2.75, 3.05) is 0 Å². The molecule has 1 aromatic carbocycles. The zero-order valence-corrected chi connectivity index (χ0v) is 14.0. The zero-order chi connectivity index (χ0) is 17.4. The Kier molecular flexibility index (Phi) is 4.02. The number of fused-ring (bicyclic) bond motifs is 1. The standard InChI is InChI=1S/C15H14N4O4S/c1-7(12-16-8(2)18-23-12)22-14(21)9-4-5-10-11(6-9)17-15(24)19(3)13(10)20/h4-7H,1-3H3,(H,17,24). The van der Waals surface area contributed by atoms with Gasteiger partial charge in [0.2, 0.25) is 0 Å². The third-order valence-electron chi connectivity index (χ3n) is 3.51. The summed E-state index contributed by atoms with van der Waals surface area (Å²) in [5, 5.41) is 4.09. The fourth-order valence-corrected chi connectivity index (χ4v) is 2.38. The molecule has 0 saturated heterocycles. The van der Waals surface area contributed by atoms with Gasteiger partial charge in [-0.15, -0.1) is 0 Å². The molecule has 2 aromatic heterocycles. The summed E-state index contributed by atoms with van der Waals surface area (Å²) in [4.78, 5) is 31.3. The van der Waals surface area contributed by atoms with Gasteiger partial charge in [0.05, 0.1) is 16.5 Å². The molecule has 8 nitrogen and oxygen atoms in total. The minimum absolute atomic E-state index is 0.218. The average Bonchev–Trinajstić information content (AvgIpc) is 2.99. The van der Waals surface area contributed by atoms with Crippen molar-refractivity contribution in [1.82, 2.24) is 19.7 Å². The largest absolute Gasteiger partial charge is 0.449 e. The molecule has 24 heavy (non-hydrogen) atoms. The minimum atomic E-state index is -0.684. The third-order valence-corrected chi connectivity index (χ3v) is 3.89. The van der Waals surface area contributed by atoms with Crippen molar-refractivity contribution < 1.29 is 14.1 Å². The first kappa shape index (κ1) is 16.1. The first-order chi connectivity index (χ1) is 11.4. The van der Waals surface area contributed by atoms with E-state index in [4.69, 9.17) is 21.5 Å². The second-order valence-electron chi connectivity index (χ2n) is 5.28. The number of nitrogens with zero attached hydrogens (tertiary/aromatic N) is 3. The van der Waals surface area contributed by atoms with E-state index in [0.717, 1.165) is 0 Å². The number of aromatic nitrogens is 4. The number of aromatic amines is 1. The molecule has 0 amide bonds. The smallest absolute Gasteiger partial charge is 0.338 e. The Balaban J connectivity index is 1.91. The number of carbonyl (C=O) groups is 1. The molecule has 0 fully saturated rings. The van der Waals surface area contributed by atoms with Crippen LogP contribution < -0.4 is 5.56 Å². The lowest BCUT2D eigenvalue weighted by atomic mass is 10.1. The van der Waals surface area contributed by atoms with E-state index in [0.29, 0.717) is 16.7 Å². The summed E-state index contributed by atoms with van der Waals surface area (Å²) >= 11 is 5.08. The van der Waals surface area contributed by atoms with E-state index in [9.17, 15) is 9.59 Å². The van der Waals surface area contributed by atoms with Gasteiger partial charge in [0.1, 0.15) is 0 Å². The Bertz CT molecular complexity index is 1050. The van der Waals surface area contributed by atoms with Gasteiger partial charge in [0.15, 0.2) is 16.7 Å². The van der Waals surface area contributed by atoms with Gasteiger partial charge >= 0.3 is 5.97 Å². The van der Waals surface area contributed by atoms with Crippen LogP contribution in [-0.2, 0) is 11.8 Å². The van der Waals surface area contributed by atoms with Crippen molar-refractivity contribution in [2.45, 2.75) is 20.0 Å². The summed E-state index contributed by atoms with van der Waals surface area (Å²) in [5.41, 5.74) is 0.520. The highest BCUT2D eigenvalue weighted by Crippen LogP contribution is 2.18. The van der Waals surface area contributed by atoms with E-state index in [-0.39, 0.29) is 21.8 Å². The Morgan fingerprint density at radius 1 is 1.46 bits per heavy atom. The first-order valence-corrected chi connectivity index (χ1v) is 7.52. The number of ether oxygens (including phenoxy) is 1. The van der Waals surface area contributed by atoms with Crippen LogP contribution in [0.5, 0.6) is 0 Å². The van der Waals surface area contributed by atoms with Crippen LogP contribution in [0.15, 0.2) is 27.5 Å². The molecule has 0 bridgehead atoms. The Labute approximate surface area is 141 Å². The van der Waals surface area contributed by atoms with Crippen molar-refractivity contribution in [2.24, 2.45) is 7.05 Å². The summed E-state index contributed by atoms with van der Waals surface area (Å²) in [5.74, 6) is 0.109.